The normalized spacial score (nSPS) is 12.5. The second-order valence-corrected chi connectivity index (χ2v) is 4.89. The van der Waals surface area contributed by atoms with E-state index in [0.717, 1.165) is 37.6 Å². The first-order valence-electron chi connectivity index (χ1n) is 6.84. The Bertz CT molecular complexity index is 528. The van der Waals surface area contributed by atoms with Crippen molar-refractivity contribution in [2.45, 2.75) is 32.4 Å². The lowest BCUT2D eigenvalue weighted by molar-refractivity contribution is 0.444. The van der Waals surface area contributed by atoms with Crippen LogP contribution in [0.15, 0.2) is 36.9 Å². The van der Waals surface area contributed by atoms with Crippen molar-refractivity contribution in [3.8, 4) is 5.75 Å². The molecule has 108 valence electrons. The van der Waals surface area contributed by atoms with Gasteiger partial charge in [-0.25, -0.2) is 9.37 Å². The smallest absolute Gasteiger partial charge is 0.126 e. The van der Waals surface area contributed by atoms with E-state index in [1.54, 1.807) is 12.3 Å². The summed E-state index contributed by atoms with van der Waals surface area (Å²) in [6, 6.07) is 4.14. The van der Waals surface area contributed by atoms with Crippen LogP contribution in [-0.2, 0) is 6.54 Å². The highest BCUT2D eigenvalue weighted by atomic mass is 19.1. The highest BCUT2D eigenvalue weighted by Crippen LogP contribution is 2.24. The Labute approximate surface area is 118 Å². The number of imidazole rings is 1. The SMILES string of the molecule is CC(NCCCCn1ccnc1)c1ccc(F)cc1O. The lowest BCUT2D eigenvalue weighted by Crippen LogP contribution is -2.20. The third-order valence-electron chi connectivity index (χ3n) is 3.31. The number of rotatable bonds is 7. The number of phenolic OH excluding ortho intramolecular Hbond substituents is 1. The van der Waals surface area contributed by atoms with Crippen molar-refractivity contribution in [2.24, 2.45) is 0 Å². The Morgan fingerprint density at radius 3 is 2.95 bits per heavy atom. The summed E-state index contributed by atoms with van der Waals surface area (Å²) in [4.78, 5) is 3.99. The fraction of sp³-hybridized carbons (Fsp3) is 0.400. The molecular formula is C15H20FN3O. The minimum absolute atomic E-state index is 0.00316. The van der Waals surface area contributed by atoms with E-state index in [1.165, 1.54) is 6.07 Å². The van der Waals surface area contributed by atoms with Crippen LogP contribution in [0.25, 0.3) is 0 Å². The van der Waals surface area contributed by atoms with Gasteiger partial charge < -0.3 is 15.0 Å². The summed E-state index contributed by atoms with van der Waals surface area (Å²) in [7, 11) is 0. The van der Waals surface area contributed by atoms with Crippen molar-refractivity contribution in [3.63, 3.8) is 0 Å². The van der Waals surface area contributed by atoms with Crippen LogP contribution in [-0.4, -0.2) is 21.2 Å². The number of unbranched alkanes of at least 4 members (excludes halogenated alkanes) is 1. The maximum atomic E-state index is 12.9. The summed E-state index contributed by atoms with van der Waals surface area (Å²) in [5.41, 5.74) is 0.723. The highest BCUT2D eigenvalue weighted by Gasteiger charge is 2.10. The lowest BCUT2D eigenvalue weighted by atomic mass is 10.1. The molecule has 0 aliphatic carbocycles. The predicted octanol–water partition coefficient (Wildman–Crippen LogP) is 2.86. The molecule has 1 heterocycles. The topological polar surface area (TPSA) is 50.1 Å². The Morgan fingerprint density at radius 2 is 2.25 bits per heavy atom. The van der Waals surface area contributed by atoms with Gasteiger partial charge in [0.15, 0.2) is 0 Å². The van der Waals surface area contributed by atoms with E-state index in [1.807, 2.05) is 19.4 Å². The van der Waals surface area contributed by atoms with Gasteiger partial charge in [0.25, 0.3) is 0 Å². The van der Waals surface area contributed by atoms with Crippen molar-refractivity contribution in [1.82, 2.24) is 14.9 Å². The van der Waals surface area contributed by atoms with Crippen LogP contribution >= 0.6 is 0 Å². The maximum absolute atomic E-state index is 12.9. The molecule has 2 aromatic rings. The minimum atomic E-state index is -0.418. The molecule has 1 atom stereocenters. The largest absolute Gasteiger partial charge is 0.508 e. The molecule has 0 radical (unpaired) electrons. The van der Waals surface area contributed by atoms with E-state index < -0.39 is 5.82 Å². The summed E-state index contributed by atoms with van der Waals surface area (Å²) in [5.74, 6) is -0.415. The fourth-order valence-electron chi connectivity index (χ4n) is 2.15. The van der Waals surface area contributed by atoms with Gasteiger partial charge in [-0.15, -0.1) is 0 Å². The molecule has 0 saturated carbocycles. The number of aryl methyl sites for hydroxylation is 1. The van der Waals surface area contributed by atoms with E-state index >= 15 is 0 Å². The number of aromatic nitrogens is 2. The highest BCUT2D eigenvalue weighted by molar-refractivity contribution is 5.34. The number of phenols is 1. The monoisotopic (exact) mass is 277 g/mol. The number of hydrogen-bond acceptors (Lipinski definition) is 3. The van der Waals surface area contributed by atoms with Crippen LogP contribution in [0.1, 0.15) is 31.4 Å². The first-order valence-corrected chi connectivity index (χ1v) is 6.84. The Hall–Kier alpha value is -1.88. The van der Waals surface area contributed by atoms with Gasteiger partial charge in [0.05, 0.1) is 6.33 Å². The number of aromatic hydroxyl groups is 1. The maximum Gasteiger partial charge on any atom is 0.126 e. The van der Waals surface area contributed by atoms with E-state index in [9.17, 15) is 9.50 Å². The van der Waals surface area contributed by atoms with Crippen molar-refractivity contribution >= 4 is 0 Å². The van der Waals surface area contributed by atoms with Gasteiger partial charge in [-0.1, -0.05) is 6.07 Å². The van der Waals surface area contributed by atoms with Crippen LogP contribution < -0.4 is 5.32 Å². The summed E-state index contributed by atoms with van der Waals surface area (Å²) >= 11 is 0. The molecule has 0 aliphatic heterocycles. The molecule has 4 nitrogen and oxygen atoms in total. The van der Waals surface area contributed by atoms with E-state index in [-0.39, 0.29) is 11.8 Å². The molecular weight excluding hydrogens is 257 g/mol. The molecule has 0 saturated heterocycles. The molecule has 20 heavy (non-hydrogen) atoms. The van der Waals surface area contributed by atoms with E-state index in [2.05, 4.69) is 14.9 Å². The second kappa shape index (κ2) is 7.05. The van der Waals surface area contributed by atoms with Crippen LogP contribution in [0.5, 0.6) is 5.75 Å². The first-order chi connectivity index (χ1) is 9.66. The molecule has 0 amide bonds. The predicted molar refractivity (Wildman–Crippen MR) is 75.9 cm³/mol. The molecule has 0 spiro atoms. The van der Waals surface area contributed by atoms with Gasteiger partial charge in [-0.2, -0.15) is 0 Å². The molecule has 0 fully saturated rings. The Morgan fingerprint density at radius 1 is 1.40 bits per heavy atom. The first kappa shape index (κ1) is 14.5. The van der Waals surface area contributed by atoms with Crippen LogP contribution in [0.4, 0.5) is 4.39 Å². The van der Waals surface area contributed by atoms with Gasteiger partial charge in [0.1, 0.15) is 11.6 Å². The summed E-state index contributed by atoms with van der Waals surface area (Å²) in [6.07, 6.45) is 7.63. The van der Waals surface area contributed by atoms with E-state index in [4.69, 9.17) is 0 Å². The average Bonchev–Trinajstić information content (AvgIpc) is 2.91. The standard InChI is InChI=1S/C15H20FN3O/c1-12(14-5-4-13(16)10-15(14)20)18-6-2-3-8-19-9-7-17-11-19/h4-5,7,9-12,18,20H,2-3,6,8H2,1H3. The third kappa shape index (κ3) is 4.06. The fourth-order valence-corrected chi connectivity index (χ4v) is 2.15. The zero-order valence-electron chi connectivity index (χ0n) is 11.6. The van der Waals surface area contributed by atoms with Crippen LogP contribution in [0.2, 0.25) is 0 Å². The van der Waals surface area contributed by atoms with Gasteiger partial charge in [-0.3, -0.25) is 0 Å². The van der Waals surface area contributed by atoms with Crippen molar-refractivity contribution in [1.29, 1.82) is 0 Å². The summed E-state index contributed by atoms with van der Waals surface area (Å²) in [5, 5.41) is 13.0. The summed E-state index contributed by atoms with van der Waals surface area (Å²) in [6.45, 7) is 3.77. The van der Waals surface area contributed by atoms with Gasteiger partial charge in [0.2, 0.25) is 0 Å². The molecule has 2 N–H and O–H groups in total. The van der Waals surface area contributed by atoms with E-state index in [0.29, 0.717) is 0 Å². The van der Waals surface area contributed by atoms with Crippen LogP contribution in [0, 0.1) is 5.82 Å². The third-order valence-corrected chi connectivity index (χ3v) is 3.31. The second-order valence-electron chi connectivity index (χ2n) is 4.89. The number of benzene rings is 1. The zero-order chi connectivity index (χ0) is 14.4. The lowest BCUT2D eigenvalue weighted by Gasteiger charge is -2.15. The molecule has 1 aromatic heterocycles. The quantitative estimate of drug-likeness (QED) is 0.765. The van der Waals surface area contributed by atoms with Gasteiger partial charge in [-0.05, 0) is 32.4 Å². The van der Waals surface area contributed by atoms with Crippen LogP contribution in [0.3, 0.4) is 0 Å². The zero-order valence-corrected chi connectivity index (χ0v) is 11.6. The molecule has 1 unspecified atom stereocenters. The number of nitrogens with zero attached hydrogens (tertiary/aromatic N) is 2. The molecule has 2 rings (SSSR count). The number of nitrogens with one attached hydrogen (secondary N) is 1. The van der Waals surface area contributed by atoms with Crippen molar-refractivity contribution in [2.75, 3.05) is 6.54 Å². The molecule has 0 bridgehead atoms. The Kier molecular flexibility index (Phi) is 5.12. The van der Waals surface area contributed by atoms with Gasteiger partial charge >= 0.3 is 0 Å². The molecule has 1 aromatic carbocycles. The number of halogens is 1. The van der Waals surface area contributed by atoms with Crippen molar-refractivity contribution < 1.29 is 9.50 Å². The molecule has 5 heteroatoms. The Balaban J connectivity index is 1.70. The van der Waals surface area contributed by atoms with Crippen molar-refractivity contribution in [3.05, 3.63) is 48.3 Å². The van der Waals surface area contributed by atoms with Gasteiger partial charge in [0, 0.05) is 36.6 Å². The summed E-state index contributed by atoms with van der Waals surface area (Å²) < 4.78 is 15.0. The average molecular weight is 277 g/mol. The molecule has 0 aliphatic rings. The minimum Gasteiger partial charge on any atom is -0.508 e. The number of hydrogen-bond donors (Lipinski definition) is 2.